The Morgan fingerprint density at radius 3 is 2.38 bits per heavy atom. The summed E-state index contributed by atoms with van der Waals surface area (Å²) in [7, 11) is 0. The van der Waals surface area contributed by atoms with Crippen molar-refractivity contribution in [1.82, 2.24) is 25.1 Å². The third-order valence-electron chi connectivity index (χ3n) is 6.65. The van der Waals surface area contributed by atoms with Crippen LogP contribution in [0.4, 0.5) is 0 Å². The fraction of sp³-hybridized carbons (Fsp3) is 0.231. The van der Waals surface area contributed by atoms with Gasteiger partial charge in [0.2, 0.25) is 0 Å². The number of ether oxygens (including phenoxy) is 3. The van der Waals surface area contributed by atoms with Gasteiger partial charge < -0.3 is 23.7 Å². The monoisotopic (exact) mass is 517 g/mol. The quantitative estimate of drug-likeness (QED) is 0.354. The lowest BCUT2D eigenvalue weighted by Crippen LogP contribution is -2.32. The highest BCUT2D eigenvalue weighted by Crippen LogP contribution is 2.33. The molecule has 3 atom stereocenters. The van der Waals surface area contributed by atoms with Gasteiger partial charge in [-0.25, -0.2) is 9.78 Å². The molecule has 2 aromatic carbocycles. The van der Waals surface area contributed by atoms with Crippen molar-refractivity contribution in [2.45, 2.75) is 24.7 Å². The maximum atomic E-state index is 11.2. The molecule has 0 saturated carbocycles. The first-order valence-corrected chi connectivity index (χ1v) is 12.2. The van der Waals surface area contributed by atoms with E-state index in [-0.39, 0.29) is 24.2 Å². The van der Waals surface area contributed by atoms with Gasteiger partial charge in [0, 0.05) is 17.7 Å². The van der Waals surface area contributed by atoms with Crippen molar-refractivity contribution < 1.29 is 18.7 Å². The lowest BCUT2D eigenvalue weighted by Gasteiger charge is -2.15. The van der Waals surface area contributed by atoms with Crippen molar-refractivity contribution in [2.24, 2.45) is 0 Å². The van der Waals surface area contributed by atoms with Crippen LogP contribution in [-0.2, 0) is 9.47 Å². The number of benzene rings is 2. The van der Waals surface area contributed by atoms with Crippen molar-refractivity contribution in [3.05, 3.63) is 70.1 Å². The first-order valence-electron chi connectivity index (χ1n) is 11.8. The number of halogens is 1. The van der Waals surface area contributed by atoms with E-state index < -0.39 is 5.69 Å². The van der Waals surface area contributed by atoms with E-state index in [1.165, 1.54) is 0 Å². The predicted octanol–water partition coefficient (Wildman–Crippen LogP) is 4.22. The van der Waals surface area contributed by atoms with Crippen LogP contribution in [-0.4, -0.2) is 56.6 Å². The number of aromatic nitrogens is 5. The molecule has 186 valence electrons. The average Bonchev–Trinajstić information content (AvgIpc) is 3.70. The number of pyridine rings is 1. The van der Waals surface area contributed by atoms with Gasteiger partial charge in [0.15, 0.2) is 11.8 Å². The number of hydrogen-bond donors (Lipinski definition) is 2. The van der Waals surface area contributed by atoms with E-state index in [0.717, 1.165) is 23.1 Å². The predicted molar refractivity (Wildman–Crippen MR) is 134 cm³/mol. The molecule has 11 heteroatoms. The second kappa shape index (κ2) is 8.84. The zero-order valence-corrected chi connectivity index (χ0v) is 20.1. The molecule has 3 aromatic heterocycles. The first kappa shape index (κ1) is 22.2. The van der Waals surface area contributed by atoms with Gasteiger partial charge in [0.1, 0.15) is 6.10 Å². The lowest BCUT2D eigenvalue weighted by molar-refractivity contribution is 0.0273. The Labute approximate surface area is 214 Å². The van der Waals surface area contributed by atoms with Gasteiger partial charge in [-0.15, -0.1) is 0 Å². The second-order valence-electron chi connectivity index (χ2n) is 8.97. The summed E-state index contributed by atoms with van der Waals surface area (Å²) in [5, 5.41) is 2.70. The Bertz CT molecular complexity index is 1640. The normalized spacial score (nSPS) is 20.9. The Hall–Kier alpha value is -3.99. The van der Waals surface area contributed by atoms with E-state index in [2.05, 4.69) is 20.1 Å². The maximum absolute atomic E-state index is 11.2. The zero-order valence-electron chi connectivity index (χ0n) is 19.3. The van der Waals surface area contributed by atoms with Crippen molar-refractivity contribution in [2.75, 3.05) is 13.2 Å². The molecular formula is C26H20ClN5O5. The summed E-state index contributed by atoms with van der Waals surface area (Å²) in [6.07, 6.45) is 0.705. The summed E-state index contributed by atoms with van der Waals surface area (Å²) in [4.78, 5) is 27.3. The minimum absolute atomic E-state index is 0.0685. The molecule has 2 N–H and O–H groups in total. The molecule has 2 saturated heterocycles. The number of H-pyrrole nitrogens is 2. The molecule has 2 aliphatic rings. The van der Waals surface area contributed by atoms with Crippen molar-refractivity contribution in [3.63, 3.8) is 0 Å². The number of rotatable bonds is 5. The third kappa shape index (κ3) is 4.08. The highest BCUT2D eigenvalue weighted by Gasteiger charge is 2.43. The molecule has 0 aliphatic carbocycles. The number of nitrogens with zero attached hydrogens (tertiary/aromatic N) is 3. The first-order chi connectivity index (χ1) is 18.1. The molecule has 2 fully saturated rings. The van der Waals surface area contributed by atoms with E-state index in [9.17, 15) is 4.79 Å². The van der Waals surface area contributed by atoms with E-state index in [4.69, 9.17) is 35.3 Å². The Kier molecular flexibility index (Phi) is 5.31. The van der Waals surface area contributed by atoms with Crippen molar-refractivity contribution in [1.29, 1.82) is 0 Å². The molecule has 1 unspecified atom stereocenters. The molecular weight excluding hydrogens is 498 g/mol. The minimum Gasteiger partial charge on any atom is -0.456 e. The summed E-state index contributed by atoms with van der Waals surface area (Å²) in [5.74, 6) is 0.252. The zero-order chi connectivity index (χ0) is 24.9. The largest absolute Gasteiger partial charge is 0.456 e. The van der Waals surface area contributed by atoms with Crippen LogP contribution in [0.1, 0.15) is 6.42 Å². The lowest BCUT2D eigenvalue weighted by atomic mass is 10.0. The highest BCUT2D eigenvalue weighted by atomic mass is 35.5. The van der Waals surface area contributed by atoms with E-state index >= 15 is 0 Å². The third-order valence-corrected chi connectivity index (χ3v) is 6.94. The Morgan fingerprint density at radius 1 is 0.919 bits per heavy atom. The van der Waals surface area contributed by atoms with Crippen molar-refractivity contribution >= 4 is 22.8 Å². The van der Waals surface area contributed by atoms with Crippen LogP contribution in [0.3, 0.4) is 0 Å². The van der Waals surface area contributed by atoms with Crippen LogP contribution < -0.4 is 10.4 Å². The van der Waals surface area contributed by atoms with Gasteiger partial charge >= 0.3 is 5.69 Å². The van der Waals surface area contributed by atoms with Crippen LogP contribution >= 0.6 is 11.6 Å². The van der Waals surface area contributed by atoms with Crippen LogP contribution in [0.25, 0.3) is 45.0 Å². The van der Waals surface area contributed by atoms with Gasteiger partial charge in [-0.3, -0.25) is 0 Å². The van der Waals surface area contributed by atoms with Gasteiger partial charge in [-0.1, -0.05) is 48.0 Å². The van der Waals surface area contributed by atoms with E-state index in [0.29, 0.717) is 46.7 Å². The molecule has 7 rings (SSSR count). The van der Waals surface area contributed by atoms with Crippen molar-refractivity contribution in [3.8, 4) is 39.8 Å². The summed E-state index contributed by atoms with van der Waals surface area (Å²) < 4.78 is 22.6. The molecule has 5 heterocycles. The van der Waals surface area contributed by atoms with Crippen LogP contribution in [0.2, 0.25) is 5.02 Å². The summed E-state index contributed by atoms with van der Waals surface area (Å²) >= 11 is 6.59. The smallest absolute Gasteiger partial charge is 0.377 e. The molecule has 37 heavy (non-hydrogen) atoms. The van der Waals surface area contributed by atoms with Crippen LogP contribution in [0.5, 0.6) is 6.01 Å². The van der Waals surface area contributed by atoms with Gasteiger partial charge in [-0.05, 0) is 35.7 Å². The maximum Gasteiger partial charge on any atom is 0.377 e. The number of imidazole rings is 1. The summed E-state index contributed by atoms with van der Waals surface area (Å²) in [6, 6.07) is 17.7. The molecule has 0 bridgehead atoms. The fourth-order valence-corrected chi connectivity index (χ4v) is 5.07. The second-order valence-corrected chi connectivity index (χ2v) is 9.37. The standard InChI is InChI=1S/C26H20ClN5O5/c27-17-11-18-23(30-26(28-18)36-20-12-35-19-9-10-34-22(19)20)29-21(17)15-5-1-13(2-6-15)14-3-7-16(8-4-14)24-31-25(33)32-37-24/h1-8,11,19-20,22H,9-10,12H2,(H,32,33)(H,28,29,30)/t19-,20?,22+/m1/s1. The summed E-state index contributed by atoms with van der Waals surface area (Å²) in [6.45, 7) is 1.16. The van der Waals surface area contributed by atoms with E-state index in [1.54, 1.807) is 6.07 Å². The Balaban J connectivity index is 1.12. The topological polar surface area (TPSA) is 128 Å². The molecule has 2 aliphatic heterocycles. The minimum atomic E-state index is -0.515. The average molecular weight is 518 g/mol. The fourth-order valence-electron chi connectivity index (χ4n) is 4.81. The summed E-state index contributed by atoms with van der Waals surface area (Å²) in [5.41, 5.74) is 4.91. The SMILES string of the molecule is O=c1nc(-c2ccc(-c3ccc(-c4nc5nc(OC6CO[C@@H]7CCO[C@H]67)[nH]c5cc4Cl)cc3)cc2)o[nH]1. The Morgan fingerprint density at radius 2 is 1.65 bits per heavy atom. The number of fused-ring (bicyclic) bond motifs is 2. The number of nitrogens with one attached hydrogen (secondary N) is 2. The molecule has 0 amide bonds. The van der Waals surface area contributed by atoms with Gasteiger partial charge in [0.05, 0.1) is 28.9 Å². The highest BCUT2D eigenvalue weighted by molar-refractivity contribution is 6.33. The molecule has 5 aromatic rings. The van der Waals surface area contributed by atoms with Gasteiger partial charge in [0.25, 0.3) is 11.9 Å². The number of hydrogen-bond acceptors (Lipinski definition) is 8. The van der Waals surface area contributed by atoms with E-state index in [1.807, 2.05) is 48.5 Å². The van der Waals surface area contributed by atoms with Crippen LogP contribution in [0.15, 0.2) is 63.9 Å². The molecule has 10 nitrogen and oxygen atoms in total. The molecule has 0 radical (unpaired) electrons. The van der Waals surface area contributed by atoms with Gasteiger partial charge in [-0.2, -0.15) is 15.1 Å². The van der Waals surface area contributed by atoms with Crippen LogP contribution in [0, 0.1) is 0 Å². The number of aromatic amines is 2. The molecule has 0 spiro atoms.